The summed E-state index contributed by atoms with van der Waals surface area (Å²) in [7, 11) is -3.50. The summed E-state index contributed by atoms with van der Waals surface area (Å²) in [5, 5.41) is 15.6. The van der Waals surface area contributed by atoms with E-state index in [0.717, 1.165) is 62.1 Å². The zero-order valence-electron chi connectivity index (χ0n) is 20.8. The van der Waals surface area contributed by atoms with E-state index in [2.05, 4.69) is 28.5 Å². The number of benzene rings is 2. The summed E-state index contributed by atoms with van der Waals surface area (Å²) in [6.07, 6.45) is 3.32. The average Bonchev–Trinajstić information content (AvgIpc) is 2.93. The minimum absolute atomic E-state index is 0.111. The number of rotatable bonds is 8. The number of hydrogen-bond acceptors (Lipinski definition) is 6. The van der Waals surface area contributed by atoms with Gasteiger partial charge in [0.2, 0.25) is 15.9 Å². The molecule has 4 rings (SSSR count). The molecule has 2 fully saturated rings. The zero-order valence-corrected chi connectivity index (χ0v) is 21.6. The Labute approximate surface area is 214 Å². The number of carbonyl (C=O) groups is 1. The summed E-state index contributed by atoms with van der Waals surface area (Å²) in [5.41, 5.74) is 2.83. The first-order valence-corrected chi connectivity index (χ1v) is 14.2. The van der Waals surface area contributed by atoms with Crippen LogP contribution in [0.1, 0.15) is 31.7 Å². The number of piperazine rings is 1. The first-order valence-electron chi connectivity index (χ1n) is 12.8. The second kappa shape index (κ2) is 12.0. The summed E-state index contributed by atoms with van der Waals surface area (Å²) < 4.78 is 27.6. The summed E-state index contributed by atoms with van der Waals surface area (Å²) >= 11 is 0. The van der Waals surface area contributed by atoms with Gasteiger partial charge < -0.3 is 15.5 Å². The Hall–Kier alpha value is -2.77. The molecule has 2 aliphatic rings. The molecule has 0 aliphatic carbocycles. The van der Waals surface area contributed by atoms with Crippen molar-refractivity contribution in [1.29, 1.82) is 5.26 Å². The molecule has 2 unspecified atom stereocenters. The lowest BCUT2D eigenvalue weighted by molar-refractivity contribution is -0.124. The topological polar surface area (TPSA) is 106 Å². The number of nitrogens with one attached hydrogen (secondary N) is 2. The van der Waals surface area contributed by atoms with Crippen molar-refractivity contribution in [3.63, 3.8) is 0 Å². The van der Waals surface area contributed by atoms with Gasteiger partial charge in [-0.3, -0.25) is 4.79 Å². The van der Waals surface area contributed by atoms with Crippen LogP contribution in [0, 0.1) is 11.3 Å². The third kappa shape index (κ3) is 6.31. The van der Waals surface area contributed by atoms with Crippen molar-refractivity contribution in [2.75, 3.05) is 39.3 Å². The lowest BCUT2D eigenvalue weighted by atomic mass is 10.00. The number of piperidine rings is 1. The Morgan fingerprint density at radius 3 is 2.25 bits per heavy atom. The quantitative estimate of drug-likeness (QED) is 0.566. The fourth-order valence-corrected chi connectivity index (χ4v) is 6.22. The molecule has 0 radical (unpaired) electrons. The molecule has 9 heteroatoms. The number of hydrogen-bond donors (Lipinski definition) is 2. The van der Waals surface area contributed by atoms with Gasteiger partial charge >= 0.3 is 0 Å². The number of amides is 1. The molecule has 2 aliphatic heterocycles. The molecule has 8 nitrogen and oxygen atoms in total. The molecule has 36 heavy (non-hydrogen) atoms. The first-order chi connectivity index (χ1) is 17.4. The lowest BCUT2D eigenvalue weighted by Gasteiger charge is -2.33. The van der Waals surface area contributed by atoms with Gasteiger partial charge in [-0.05, 0) is 54.8 Å². The molecule has 0 saturated carbocycles. The normalized spacial score (nSPS) is 20.4. The van der Waals surface area contributed by atoms with Crippen LogP contribution < -0.4 is 10.6 Å². The third-order valence-corrected chi connectivity index (χ3v) is 9.01. The molecule has 2 aromatic carbocycles. The molecule has 2 N–H and O–H groups in total. The third-order valence-electron chi connectivity index (χ3n) is 7.10. The second-order valence-corrected chi connectivity index (χ2v) is 11.4. The molecule has 2 heterocycles. The first kappa shape index (κ1) is 26.3. The molecule has 2 saturated heterocycles. The van der Waals surface area contributed by atoms with Gasteiger partial charge in [-0.25, -0.2) is 8.42 Å². The monoisotopic (exact) mass is 509 g/mol. The highest BCUT2D eigenvalue weighted by molar-refractivity contribution is 7.89. The molecule has 2 aromatic rings. The van der Waals surface area contributed by atoms with Crippen LogP contribution in [-0.4, -0.2) is 74.9 Å². The summed E-state index contributed by atoms with van der Waals surface area (Å²) in [5.74, 6) is -0.111. The Balaban J connectivity index is 1.36. The molecule has 192 valence electrons. The molecule has 0 spiro atoms. The van der Waals surface area contributed by atoms with Crippen molar-refractivity contribution < 1.29 is 13.2 Å². The van der Waals surface area contributed by atoms with E-state index in [4.69, 9.17) is 0 Å². The molecule has 0 aromatic heterocycles. The van der Waals surface area contributed by atoms with E-state index >= 15 is 0 Å². The van der Waals surface area contributed by atoms with Crippen LogP contribution in [0.4, 0.5) is 0 Å². The van der Waals surface area contributed by atoms with Crippen LogP contribution in [0.3, 0.4) is 0 Å². The lowest BCUT2D eigenvalue weighted by Crippen LogP contribution is -2.49. The van der Waals surface area contributed by atoms with E-state index in [-0.39, 0.29) is 11.9 Å². The largest absolute Gasteiger partial charge is 0.339 e. The minimum atomic E-state index is -3.50. The Morgan fingerprint density at radius 1 is 1.06 bits per heavy atom. The SMILES string of the molecule is CCN1CCN(S(=O)(=O)c2ccc(-c3ccc(CC(C#N)NC(=O)C4CCCCN4)cc3)cc2)CC1. The highest BCUT2D eigenvalue weighted by atomic mass is 32.2. The summed E-state index contributed by atoms with van der Waals surface area (Å²) in [4.78, 5) is 15.0. The van der Waals surface area contributed by atoms with Crippen molar-refractivity contribution in [3.8, 4) is 17.2 Å². The van der Waals surface area contributed by atoms with E-state index < -0.39 is 16.1 Å². The van der Waals surface area contributed by atoms with Crippen LogP contribution >= 0.6 is 0 Å². The van der Waals surface area contributed by atoms with Gasteiger partial charge in [-0.2, -0.15) is 9.57 Å². The average molecular weight is 510 g/mol. The van der Waals surface area contributed by atoms with Gasteiger partial charge in [0.1, 0.15) is 6.04 Å². The zero-order chi connectivity index (χ0) is 25.5. The molecule has 1 amide bonds. The number of sulfonamides is 1. The molecule has 2 atom stereocenters. The summed E-state index contributed by atoms with van der Waals surface area (Å²) in [6.45, 7) is 6.40. The van der Waals surface area contributed by atoms with E-state index in [1.54, 1.807) is 16.4 Å². The number of nitrogens with zero attached hydrogens (tertiary/aromatic N) is 3. The van der Waals surface area contributed by atoms with Crippen LogP contribution in [0.2, 0.25) is 0 Å². The number of carbonyl (C=O) groups excluding carboxylic acids is 1. The van der Waals surface area contributed by atoms with Gasteiger partial charge in [-0.1, -0.05) is 49.7 Å². The van der Waals surface area contributed by atoms with Crippen LogP contribution in [-0.2, 0) is 21.2 Å². The molecular formula is C27H35N5O3S. The van der Waals surface area contributed by atoms with Gasteiger partial charge in [-0.15, -0.1) is 0 Å². The molecular weight excluding hydrogens is 474 g/mol. The van der Waals surface area contributed by atoms with E-state index in [9.17, 15) is 18.5 Å². The standard InChI is InChI=1S/C27H35N5O3S/c1-2-31-15-17-32(18-16-31)36(34,35)25-12-10-23(11-13-25)22-8-6-21(7-9-22)19-24(20-28)30-27(33)26-5-3-4-14-29-26/h6-13,24,26,29H,2-5,14-19H2,1H3,(H,30,33). The van der Waals surface area contributed by atoms with E-state index in [1.807, 2.05) is 36.4 Å². The molecule has 0 bridgehead atoms. The van der Waals surface area contributed by atoms with Gasteiger partial charge in [0, 0.05) is 32.6 Å². The smallest absolute Gasteiger partial charge is 0.243 e. The highest BCUT2D eigenvalue weighted by Crippen LogP contribution is 2.24. The Kier molecular flexibility index (Phi) is 8.75. The number of likely N-dealkylation sites (N-methyl/N-ethyl adjacent to an activating group) is 1. The maximum atomic E-state index is 13.0. The maximum Gasteiger partial charge on any atom is 0.243 e. The minimum Gasteiger partial charge on any atom is -0.339 e. The van der Waals surface area contributed by atoms with Gasteiger partial charge in [0.15, 0.2) is 0 Å². The Morgan fingerprint density at radius 2 is 1.69 bits per heavy atom. The fourth-order valence-electron chi connectivity index (χ4n) is 4.80. The fraction of sp³-hybridized carbons (Fsp3) is 0.481. The summed E-state index contributed by atoms with van der Waals surface area (Å²) in [6, 6.07) is 16.2. The predicted molar refractivity (Wildman–Crippen MR) is 140 cm³/mol. The van der Waals surface area contributed by atoms with Crippen molar-refractivity contribution in [3.05, 3.63) is 54.1 Å². The van der Waals surface area contributed by atoms with Gasteiger partial charge in [0.05, 0.1) is 17.0 Å². The van der Waals surface area contributed by atoms with Crippen molar-refractivity contribution in [2.45, 2.75) is 49.6 Å². The number of nitriles is 1. The maximum absolute atomic E-state index is 13.0. The van der Waals surface area contributed by atoms with Crippen molar-refractivity contribution in [2.24, 2.45) is 0 Å². The second-order valence-electron chi connectivity index (χ2n) is 9.46. The Bertz CT molecular complexity index is 1160. The predicted octanol–water partition coefficient (Wildman–Crippen LogP) is 2.37. The van der Waals surface area contributed by atoms with E-state index in [1.165, 1.54) is 0 Å². The van der Waals surface area contributed by atoms with Gasteiger partial charge in [0.25, 0.3) is 0 Å². The highest BCUT2D eigenvalue weighted by Gasteiger charge is 2.28. The van der Waals surface area contributed by atoms with Crippen LogP contribution in [0.15, 0.2) is 53.4 Å². The van der Waals surface area contributed by atoms with Crippen LogP contribution in [0.5, 0.6) is 0 Å². The van der Waals surface area contributed by atoms with Crippen molar-refractivity contribution in [1.82, 2.24) is 19.8 Å². The van der Waals surface area contributed by atoms with Crippen LogP contribution in [0.25, 0.3) is 11.1 Å². The van der Waals surface area contributed by atoms with E-state index in [0.29, 0.717) is 24.4 Å². The van der Waals surface area contributed by atoms with Crippen molar-refractivity contribution >= 4 is 15.9 Å².